The van der Waals surface area contributed by atoms with Crippen LogP contribution in [0.2, 0.25) is 0 Å². The summed E-state index contributed by atoms with van der Waals surface area (Å²) >= 11 is 0. The third kappa shape index (κ3) is 4.27. The summed E-state index contributed by atoms with van der Waals surface area (Å²) in [4.78, 5) is 13.2. The molecule has 0 radical (unpaired) electrons. The van der Waals surface area contributed by atoms with Crippen LogP contribution in [0.3, 0.4) is 0 Å². The van der Waals surface area contributed by atoms with Crippen molar-refractivity contribution >= 4 is 15.8 Å². The lowest BCUT2D eigenvalue weighted by Gasteiger charge is -2.29. The number of nitrogens with zero attached hydrogens (tertiary/aromatic N) is 4. The number of pyridine rings is 1. The molecule has 0 bridgehead atoms. The van der Waals surface area contributed by atoms with Gasteiger partial charge >= 0.3 is 0 Å². The number of piperidine rings is 1. The number of anilines is 1. The topological polar surface area (TPSA) is 88.1 Å². The molecule has 1 aliphatic rings. The van der Waals surface area contributed by atoms with E-state index in [1.807, 2.05) is 18.2 Å². The summed E-state index contributed by atoms with van der Waals surface area (Å²) in [5.41, 5.74) is 1.85. The van der Waals surface area contributed by atoms with Gasteiger partial charge in [0.15, 0.2) is 0 Å². The molecule has 8 heteroatoms. The van der Waals surface area contributed by atoms with Crippen molar-refractivity contribution in [2.24, 2.45) is 0 Å². The Balaban J connectivity index is 1.61. The first kappa shape index (κ1) is 16.8. The van der Waals surface area contributed by atoms with Gasteiger partial charge in [0.25, 0.3) is 0 Å². The van der Waals surface area contributed by atoms with E-state index in [0.29, 0.717) is 25.5 Å². The molecular formula is C16H21N5O2S. The monoisotopic (exact) mass is 347 g/mol. The van der Waals surface area contributed by atoms with Crippen molar-refractivity contribution in [3.8, 4) is 0 Å². The Hall–Kier alpha value is -2.06. The lowest BCUT2D eigenvalue weighted by atomic mass is 9.95. The first-order valence-corrected chi connectivity index (χ1v) is 9.78. The second kappa shape index (κ2) is 7.23. The van der Waals surface area contributed by atoms with Crippen molar-refractivity contribution in [1.82, 2.24) is 19.3 Å². The van der Waals surface area contributed by atoms with Gasteiger partial charge in [-0.05, 0) is 25.0 Å². The number of hydrogen-bond acceptors (Lipinski definition) is 6. The summed E-state index contributed by atoms with van der Waals surface area (Å²) in [5.74, 6) is 0.954. The van der Waals surface area contributed by atoms with Gasteiger partial charge in [-0.15, -0.1) is 0 Å². The van der Waals surface area contributed by atoms with Gasteiger partial charge in [0, 0.05) is 31.4 Å². The van der Waals surface area contributed by atoms with Crippen LogP contribution in [0, 0.1) is 0 Å². The van der Waals surface area contributed by atoms with Gasteiger partial charge in [-0.2, -0.15) is 0 Å². The van der Waals surface area contributed by atoms with Crippen LogP contribution in [0.5, 0.6) is 0 Å². The lowest BCUT2D eigenvalue weighted by Crippen LogP contribution is -2.37. The van der Waals surface area contributed by atoms with Crippen LogP contribution in [0.25, 0.3) is 0 Å². The molecule has 2 aromatic heterocycles. The molecule has 0 unspecified atom stereocenters. The molecule has 0 spiro atoms. The van der Waals surface area contributed by atoms with Crippen LogP contribution >= 0.6 is 0 Å². The molecule has 1 saturated heterocycles. The molecule has 1 aliphatic heterocycles. The summed E-state index contributed by atoms with van der Waals surface area (Å²) in [5, 5.41) is 3.23. The zero-order chi connectivity index (χ0) is 17.0. The molecule has 0 aliphatic carbocycles. The van der Waals surface area contributed by atoms with Crippen molar-refractivity contribution in [3.05, 3.63) is 48.2 Å². The van der Waals surface area contributed by atoms with E-state index in [1.54, 1.807) is 18.6 Å². The Labute approximate surface area is 142 Å². The second-order valence-electron chi connectivity index (χ2n) is 5.94. The predicted octanol–water partition coefficient (Wildman–Crippen LogP) is 1.62. The van der Waals surface area contributed by atoms with Gasteiger partial charge in [-0.25, -0.2) is 17.7 Å². The molecular weight excluding hydrogens is 326 g/mol. The highest BCUT2D eigenvalue weighted by atomic mass is 32.2. The molecule has 0 amide bonds. The fourth-order valence-corrected chi connectivity index (χ4v) is 3.70. The molecule has 24 heavy (non-hydrogen) atoms. The minimum absolute atomic E-state index is 0.243. The zero-order valence-corrected chi connectivity index (χ0v) is 14.4. The highest BCUT2D eigenvalue weighted by Gasteiger charge is 2.26. The molecule has 1 fully saturated rings. The number of hydrogen-bond donors (Lipinski definition) is 1. The Kier molecular flexibility index (Phi) is 5.06. The Morgan fingerprint density at radius 1 is 1.25 bits per heavy atom. The maximum Gasteiger partial charge on any atom is 0.211 e. The molecule has 0 atom stereocenters. The van der Waals surface area contributed by atoms with Crippen molar-refractivity contribution in [1.29, 1.82) is 0 Å². The van der Waals surface area contributed by atoms with Gasteiger partial charge in [-0.1, -0.05) is 6.07 Å². The van der Waals surface area contributed by atoms with Crippen LogP contribution in [0.15, 0.2) is 36.8 Å². The largest absolute Gasteiger partial charge is 0.363 e. The molecule has 3 heterocycles. The van der Waals surface area contributed by atoms with Crippen molar-refractivity contribution in [2.45, 2.75) is 25.3 Å². The molecule has 0 saturated carbocycles. The zero-order valence-electron chi connectivity index (χ0n) is 13.6. The van der Waals surface area contributed by atoms with Crippen LogP contribution < -0.4 is 5.32 Å². The summed E-state index contributed by atoms with van der Waals surface area (Å²) < 4.78 is 24.7. The molecule has 2 aromatic rings. The number of nitrogens with one attached hydrogen (secondary N) is 1. The van der Waals surface area contributed by atoms with E-state index in [0.717, 1.165) is 24.2 Å². The fraction of sp³-hybridized carbons (Fsp3) is 0.438. The van der Waals surface area contributed by atoms with Crippen LogP contribution in [-0.4, -0.2) is 47.0 Å². The summed E-state index contributed by atoms with van der Waals surface area (Å²) in [6, 6.07) is 5.78. The van der Waals surface area contributed by atoms with Crippen LogP contribution in [0.4, 0.5) is 5.82 Å². The first-order valence-electron chi connectivity index (χ1n) is 7.93. The summed E-state index contributed by atoms with van der Waals surface area (Å²) in [6.45, 7) is 1.67. The Morgan fingerprint density at radius 3 is 2.71 bits per heavy atom. The van der Waals surface area contributed by atoms with Crippen LogP contribution in [0.1, 0.15) is 30.1 Å². The van der Waals surface area contributed by atoms with E-state index in [-0.39, 0.29) is 5.92 Å². The predicted molar refractivity (Wildman–Crippen MR) is 92.0 cm³/mol. The minimum Gasteiger partial charge on any atom is -0.363 e. The van der Waals surface area contributed by atoms with Gasteiger partial charge in [0.05, 0.1) is 30.4 Å². The maximum absolute atomic E-state index is 11.6. The van der Waals surface area contributed by atoms with E-state index < -0.39 is 10.0 Å². The van der Waals surface area contributed by atoms with Crippen molar-refractivity contribution in [3.63, 3.8) is 0 Å². The van der Waals surface area contributed by atoms with Gasteiger partial charge in [0.2, 0.25) is 10.0 Å². The van der Waals surface area contributed by atoms with E-state index in [1.165, 1.54) is 10.6 Å². The first-order chi connectivity index (χ1) is 11.5. The summed E-state index contributed by atoms with van der Waals surface area (Å²) in [6.07, 6.45) is 8.02. The SMILES string of the molecule is CS(=O)(=O)N1CCC(c2cncc(NCc3ccccn3)n2)CC1. The normalized spacial score (nSPS) is 16.9. The third-order valence-electron chi connectivity index (χ3n) is 4.17. The quantitative estimate of drug-likeness (QED) is 0.884. The molecule has 0 aromatic carbocycles. The Bertz CT molecular complexity index is 774. The van der Waals surface area contributed by atoms with E-state index in [2.05, 4.69) is 20.3 Å². The molecule has 7 nitrogen and oxygen atoms in total. The molecule has 128 valence electrons. The van der Waals surface area contributed by atoms with Gasteiger partial charge in [0.1, 0.15) is 5.82 Å². The number of rotatable bonds is 5. The number of sulfonamides is 1. The molecule has 3 rings (SSSR count). The van der Waals surface area contributed by atoms with E-state index in [9.17, 15) is 8.42 Å². The van der Waals surface area contributed by atoms with Crippen molar-refractivity contribution < 1.29 is 8.42 Å². The fourth-order valence-electron chi connectivity index (χ4n) is 2.83. The van der Waals surface area contributed by atoms with Gasteiger partial charge < -0.3 is 5.32 Å². The average Bonchev–Trinajstić information content (AvgIpc) is 2.60. The molecule has 1 N–H and O–H groups in total. The van der Waals surface area contributed by atoms with Crippen molar-refractivity contribution in [2.75, 3.05) is 24.7 Å². The highest BCUT2D eigenvalue weighted by molar-refractivity contribution is 7.88. The summed E-state index contributed by atoms with van der Waals surface area (Å²) in [7, 11) is -3.10. The lowest BCUT2D eigenvalue weighted by molar-refractivity contribution is 0.318. The average molecular weight is 347 g/mol. The maximum atomic E-state index is 11.6. The van der Waals surface area contributed by atoms with Crippen LogP contribution in [-0.2, 0) is 16.6 Å². The second-order valence-corrected chi connectivity index (χ2v) is 7.92. The van der Waals surface area contributed by atoms with E-state index >= 15 is 0 Å². The standard InChI is InChI=1S/C16H21N5O2S/c1-24(22,23)21-8-5-13(6-9-21)15-11-17-12-16(20-15)19-10-14-4-2-3-7-18-14/h2-4,7,11-13H,5-6,8-10H2,1H3,(H,19,20). The minimum atomic E-state index is -3.10. The third-order valence-corrected chi connectivity index (χ3v) is 5.47. The Morgan fingerprint density at radius 2 is 2.04 bits per heavy atom. The highest BCUT2D eigenvalue weighted by Crippen LogP contribution is 2.27. The number of aromatic nitrogens is 3. The van der Waals surface area contributed by atoms with E-state index in [4.69, 9.17) is 0 Å². The van der Waals surface area contributed by atoms with Gasteiger partial charge in [-0.3, -0.25) is 9.97 Å². The smallest absolute Gasteiger partial charge is 0.211 e.